The van der Waals surface area contributed by atoms with Crippen molar-refractivity contribution in [1.82, 2.24) is 4.98 Å². The number of amides is 1. The van der Waals surface area contributed by atoms with E-state index in [-0.39, 0.29) is 10.0 Å². The van der Waals surface area contributed by atoms with Gasteiger partial charge in [-0.25, -0.2) is 9.37 Å². The van der Waals surface area contributed by atoms with Crippen LogP contribution in [0.2, 0.25) is 0 Å². The van der Waals surface area contributed by atoms with Crippen LogP contribution in [-0.2, 0) is 0 Å². The molecular formula is C14H12BrFN2O. The van der Waals surface area contributed by atoms with E-state index < -0.39 is 11.7 Å². The number of benzene rings is 1. The van der Waals surface area contributed by atoms with Crippen LogP contribution in [0, 0.1) is 19.7 Å². The van der Waals surface area contributed by atoms with Gasteiger partial charge in [-0.1, -0.05) is 6.07 Å². The van der Waals surface area contributed by atoms with Gasteiger partial charge in [0.1, 0.15) is 11.6 Å². The van der Waals surface area contributed by atoms with Crippen molar-refractivity contribution in [3.05, 3.63) is 57.4 Å². The van der Waals surface area contributed by atoms with Crippen LogP contribution in [0.25, 0.3) is 0 Å². The van der Waals surface area contributed by atoms with Gasteiger partial charge in [-0.3, -0.25) is 4.79 Å². The summed E-state index contributed by atoms with van der Waals surface area (Å²) in [5, 5.41) is 2.66. The summed E-state index contributed by atoms with van der Waals surface area (Å²) in [6.45, 7) is 3.77. The topological polar surface area (TPSA) is 42.0 Å². The lowest BCUT2D eigenvalue weighted by atomic mass is 10.2. The number of nitrogens with one attached hydrogen (secondary N) is 1. The monoisotopic (exact) mass is 322 g/mol. The van der Waals surface area contributed by atoms with Crippen LogP contribution in [0.1, 0.15) is 21.6 Å². The Morgan fingerprint density at radius 2 is 2.05 bits per heavy atom. The highest BCUT2D eigenvalue weighted by molar-refractivity contribution is 9.10. The first-order chi connectivity index (χ1) is 8.97. The van der Waals surface area contributed by atoms with Gasteiger partial charge < -0.3 is 5.32 Å². The molecule has 1 amide bonds. The lowest BCUT2D eigenvalue weighted by Crippen LogP contribution is -2.14. The number of anilines is 1. The fourth-order valence-electron chi connectivity index (χ4n) is 1.77. The Labute approximate surface area is 119 Å². The fourth-order valence-corrected chi connectivity index (χ4v) is 2.21. The van der Waals surface area contributed by atoms with Crippen LogP contribution in [-0.4, -0.2) is 10.9 Å². The number of hydrogen-bond donors (Lipinski definition) is 1. The molecule has 0 saturated heterocycles. The largest absolute Gasteiger partial charge is 0.307 e. The number of nitrogens with zero attached hydrogens (tertiary/aromatic N) is 1. The van der Waals surface area contributed by atoms with Gasteiger partial charge in [0.2, 0.25) is 0 Å². The summed E-state index contributed by atoms with van der Waals surface area (Å²) in [7, 11) is 0. The second kappa shape index (κ2) is 5.48. The Kier molecular flexibility index (Phi) is 3.95. The zero-order valence-electron chi connectivity index (χ0n) is 10.5. The molecule has 0 fully saturated rings. The molecular weight excluding hydrogens is 311 g/mol. The third-order valence-corrected chi connectivity index (χ3v) is 3.34. The molecule has 0 aliphatic heterocycles. The SMILES string of the molecule is Cc1cc(C)nc(NC(=O)c2cccc(F)c2Br)c1. The first-order valence-corrected chi connectivity index (χ1v) is 6.47. The van der Waals surface area contributed by atoms with Crippen LogP contribution in [0.4, 0.5) is 10.2 Å². The first kappa shape index (κ1) is 13.7. The average molecular weight is 323 g/mol. The normalized spacial score (nSPS) is 10.3. The number of carbonyl (C=O) groups excluding carboxylic acids is 1. The highest BCUT2D eigenvalue weighted by Crippen LogP contribution is 2.21. The van der Waals surface area contributed by atoms with E-state index in [0.717, 1.165) is 11.3 Å². The van der Waals surface area contributed by atoms with Gasteiger partial charge in [-0.2, -0.15) is 0 Å². The Hall–Kier alpha value is -1.75. The number of aryl methyl sites for hydroxylation is 2. The highest BCUT2D eigenvalue weighted by Gasteiger charge is 2.13. The third kappa shape index (κ3) is 3.17. The number of rotatable bonds is 2. The molecule has 0 radical (unpaired) electrons. The average Bonchev–Trinajstić information content (AvgIpc) is 2.31. The lowest BCUT2D eigenvalue weighted by molar-refractivity contribution is 0.102. The molecule has 1 aromatic heterocycles. The van der Waals surface area contributed by atoms with Crippen LogP contribution >= 0.6 is 15.9 Å². The molecule has 0 bridgehead atoms. The fraction of sp³-hybridized carbons (Fsp3) is 0.143. The maximum absolute atomic E-state index is 13.4. The van der Waals surface area contributed by atoms with Gasteiger partial charge in [0.25, 0.3) is 5.91 Å². The second-order valence-electron chi connectivity index (χ2n) is 4.23. The number of hydrogen-bond acceptors (Lipinski definition) is 2. The molecule has 0 saturated carbocycles. The summed E-state index contributed by atoms with van der Waals surface area (Å²) in [4.78, 5) is 16.3. The van der Waals surface area contributed by atoms with E-state index in [0.29, 0.717) is 5.82 Å². The van der Waals surface area contributed by atoms with E-state index in [1.165, 1.54) is 12.1 Å². The van der Waals surface area contributed by atoms with E-state index in [2.05, 4.69) is 26.2 Å². The highest BCUT2D eigenvalue weighted by atomic mass is 79.9. The maximum Gasteiger partial charge on any atom is 0.258 e. The molecule has 0 unspecified atom stereocenters. The number of halogens is 2. The van der Waals surface area contributed by atoms with Crippen molar-refractivity contribution in [2.45, 2.75) is 13.8 Å². The third-order valence-electron chi connectivity index (χ3n) is 2.54. The maximum atomic E-state index is 13.4. The predicted octanol–water partition coefficient (Wildman–Crippen LogP) is 3.85. The number of carbonyl (C=O) groups is 1. The van der Waals surface area contributed by atoms with E-state index in [9.17, 15) is 9.18 Å². The molecule has 98 valence electrons. The van der Waals surface area contributed by atoms with Gasteiger partial charge in [-0.05, 0) is 59.6 Å². The standard InChI is InChI=1S/C14H12BrFN2O/c1-8-6-9(2)17-12(7-8)18-14(19)10-4-3-5-11(16)13(10)15/h3-7H,1-2H3,(H,17,18,19). The smallest absolute Gasteiger partial charge is 0.258 e. The van der Waals surface area contributed by atoms with Gasteiger partial charge >= 0.3 is 0 Å². The van der Waals surface area contributed by atoms with Crippen molar-refractivity contribution >= 4 is 27.7 Å². The van der Waals surface area contributed by atoms with Crippen LogP contribution in [0.5, 0.6) is 0 Å². The van der Waals surface area contributed by atoms with Gasteiger partial charge in [0.15, 0.2) is 0 Å². The van der Waals surface area contributed by atoms with Crippen molar-refractivity contribution in [3.63, 3.8) is 0 Å². The quantitative estimate of drug-likeness (QED) is 0.912. The summed E-state index contributed by atoms with van der Waals surface area (Å²) >= 11 is 3.07. The molecule has 1 heterocycles. The molecule has 2 rings (SSSR count). The Bertz CT molecular complexity index is 623. The van der Waals surface area contributed by atoms with Crippen molar-refractivity contribution in [2.75, 3.05) is 5.32 Å². The molecule has 0 spiro atoms. The molecule has 0 aliphatic rings. The van der Waals surface area contributed by atoms with Crippen molar-refractivity contribution in [3.8, 4) is 0 Å². The molecule has 1 aromatic carbocycles. The summed E-state index contributed by atoms with van der Waals surface area (Å²) in [6, 6.07) is 8.00. The van der Waals surface area contributed by atoms with E-state index in [1.807, 2.05) is 19.9 Å². The minimum absolute atomic E-state index is 0.150. The van der Waals surface area contributed by atoms with Crippen molar-refractivity contribution < 1.29 is 9.18 Å². The van der Waals surface area contributed by atoms with Gasteiger partial charge in [0, 0.05) is 5.69 Å². The minimum atomic E-state index is -0.471. The molecule has 5 heteroatoms. The number of aromatic nitrogens is 1. The molecule has 0 atom stereocenters. The lowest BCUT2D eigenvalue weighted by Gasteiger charge is -2.08. The van der Waals surface area contributed by atoms with Crippen LogP contribution < -0.4 is 5.32 Å². The summed E-state index contributed by atoms with van der Waals surface area (Å²) in [5.41, 5.74) is 2.05. The van der Waals surface area contributed by atoms with Crippen molar-refractivity contribution in [1.29, 1.82) is 0 Å². The van der Waals surface area contributed by atoms with Crippen LogP contribution in [0.15, 0.2) is 34.8 Å². The Morgan fingerprint density at radius 1 is 1.32 bits per heavy atom. The van der Waals surface area contributed by atoms with Crippen LogP contribution in [0.3, 0.4) is 0 Å². The second-order valence-corrected chi connectivity index (χ2v) is 5.02. The zero-order chi connectivity index (χ0) is 14.0. The van der Waals surface area contributed by atoms with Gasteiger partial charge in [-0.15, -0.1) is 0 Å². The number of pyridine rings is 1. The molecule has 2 aromatic rings. The first-order valence-electron chi connectivity index (χ1n) is 5.68. The van der Waals surface area contributed by atoms with E-state index >= 15 is 0 Å². The van der Waals surface area contributed by atoms with Crippen molar-refractivity contribution in [2.24, 2.45) is 0 Å². The molecule has 3 nitrogen and oxygen atoms in total. The summed E-state index contributed by atoms with van der Waals surface area (Å²) in [5.74, 6) is -0.413. The van der Waals surface area contributed by atoms with E-state index in [4.69, 9.17) is 0 Å². The minimum Gasteiger partial charge on any atom is -0.307 e. The Morgan fingerprint density at radius 3 is 2.74 bits per heavy atom. The molecule has 1 N–H and O–H groups in total. The Balaban J connectivity index is 2.28. The summed E-state index contributed by atoms with van der Waals surface area (Å²) in [6.07, 6.45) is 0. The van der Waals surface area contributed by atoms with E-state index in [1.54, 1.807) is 12.1 Å². The van der Waals surface area contributed by atoms with Gasteiger partial charge in [0.05, 0.1) is 10.0 Å². The molecule has 19 heavy (non-hydrogen) atoms. The molecule has 0 aliphatic carbocycles. The summed E-state index contributed by atoms with van der Waals surface area (Å²) < 4.78 is 13.5. The zero-order valence-corrected chi connectivity index (χ0v) is 12.1. The predicted molar refractivity (Wildman–Crippen MR) is 75.8 cm³/mol.